The molecule has 0 aliphatic carbocycles. The number of amides is 1. The van der Waals surface area contributed by atoms with Gasteiger partial charge in [0.2, 0.25) is 5.91 Å². The van der Waals surface area contributed by atoms with Crippen molar-refractivity contribution in [2.24, 2.45) is 5.92 Å². The Morgan fingerprint density at radius 2 is 2.15 bits per heavy atom. The number of rotatable bonds is 4. The fraction of sp³-hybridized carbons (Fsp3) is 0.421. The lowest BCUT2D eigenvalue weighted by atomic mass is 9.95. The standard InChI is InChI=1S/C19H23N5OS/c1-13(2)21-19(25)14-5-8-23(9-6-14)18-16-12-15(17-4-3-11-26-17)22-24(16)10-7-20-18/h3-4,7,10-14H,5-6,8-9H2,1-2H3,(H,21,25). The first-order valence-corrected chi connectivity index (χ1v) is 9.93. The van der Waals surface area contributed by atoms with E-state index >= 15 is 0 Å². The zero-order valence-electron chi connectivity index (χ0n) is 15.1. The van der Waals surface area contributed by atoms with Gasteiger partial charge in [0.15, 0.2) is 5.82 Å². The van der Waals surface area contributed by atoms with E-state index in [1.165, 1.54) is 0 Å². The Kier molecular flexibility index (Phi) is 4.63. The molecule has 3 aromatic rings. The molecule has 26 heavy (non-hydrogen) atoms. The van der Waals surface area contributed by atoms with Gasteiger partial charge in [-0.05, 0) is 44.2 Å². The highest BCUT2D eigenvalue weighted by molar-refractivity contribution is 7.13. The lowest BCUT2D eigenvalue weighted by molar-refractivity contribution is -0.126. The Labute approximate surface area is 156 Å². The number of hydrogen-bond acceptors (Lipinski definition) is 5. The van der Waals surface area contributed by atoms with E-state index in [1.807, 2.05) is 30.6 Å². The first-order valence-electron chi connectivity index (χ1n) is 9.05. The van der Waals surface area contributed by atoms with Crippen LogP contribution < -0.4 is 10.2 Å². The molecule has 1 amide bonds. The molecule has 0 bridgehead atoms. The van der Waals surface area contributed by atoms with Crippen molar-refractivity contribution in [2.75, 3.05) is 18.0 Å². The second kappa shape index (κ2) is 7.07. The summed E-state index contributed by atoms with van der Waals surface area (Å²) < 4.78 is 1.90. The number of carbonyl (C=O) groups is 1. The molecule has 0 atom stereocenters. The van der Waals surface area contributed by atoms with Crippen LogP contribution in [0, 0.1) is 5.92 Å². The van der Waals surface area contributed by atoms with Crippen LogP contribution in [0.15, 0.2) is 36.0 Å². The Balaban J connectivity index is 1.54. The van der Waals surface area contributed by atoms with Crippen LogP contribution in [0.3, 0.4) is 0 Å². The maximum atomic E-state index is 12.2. The Hall–Kier alpha value is -2.41. The largest absolute Gasteiger partial charge is 0.355 e. The smallest absolute Gasteiger partial charge is 0.223 e. The second-order valence-electron chi connectivity index (χ2n) is 7.01. The first kappa shape index (κ1) is 17.0. The third-order valence-electron chi connectivity index (χ3n) is 4.74. The molecule has 0 saturated carbocycles. The molecule has 1 saturated heterocycles. The number of piperidine rings is 1. The van der Waals surface area contributed by atoms with Gasteiger partial charge in [-0.2, -0.15) is 5.10 Å². The highest BCUT2D eigenvalue weighted by Crippen LogP contribution is 2.29. The van der Waals surface area contributed by atoms with Crippen LogP contribution in [0.2, 0.25) is 0 Å². The molecule has 3 aromatic heterocycles. The first-order chi connectivity index (χ1) is 12.6. The van der Waals surface area contributed by atoms with Crippen molar-refractivity contribution in [3.63, 3.8) is 0 Å². The minimum Gasteiger partial charge on any atom is -0.355 e. The summed E-state index contributed by atoms with van der Waals surface area (Å²) in [6.45, 7) is 5.68. The van der Waals surface area contributed by atoms with E-state index in [9.17, 15) is 4.79 Å². The van der Waals surface area contributed by atoms with Crippen LogP contribution in [-0.2, 0) is 4.79 Å². The molecule has 1 aliphatic rings. The van der Waals surface area contributed by atoms with Crippen LogP contribution in [0.25, 0.3) is 16.1 Å². The molecule has 1 N–H and O–H groups in total. The zero-order valence-corrected chi connectivity index (χ0v) is 15.9. The fourth-order valence-electron chi connectivity index (χ4n) is 3.45. The summed E-state index contributed by atoms with van der Waals surface area (Å²) >= 11 is 1.69. The van der Waals surface area contributed by atoms with E-state index < -0.39 is 0 Å². The van der Waals surface area contributed by atoms with Gasteiger partial charge in [0.1, 0.15) is 11.2 Å². The van der Waals surface area contributed by atoms with Crippen molar-refractivity contribution < 1.29 is 4.79 Å². The summed E-state index contributed by atoms with van der Waals surface area (Å²) in [5.74, 6) is 1.22. The zero-order chi connectivity index (χ0) is 18.1. The van der Waals surface area contributed by atoms with Gasteiger partial charge in [0.05, 0.1) is 4.88 Å². The van der Waals surface area contributed by atoms with Crippen LogP contribution in [0.1, 0.15) is 26.7 Å². The van der Waals surface area contributed by atoms with Crippen molar-refractivity contribution in [1.29, 1.82) is 0 Å². The van der Waals surface area contributed by atoms with Gasteiger partial charge in [-0.3, -0.25) is 4.79 Å². The van der Waals surface area contributed by atoms with Crippen molar-refractivity contribution >= 4 is 28.6 Å². The molecule has 0 unspecified atom stereocenters. The quantitative estimate of drug-likeness (QED) is 0.767. The van der Waals surface area contributed by atoms with Gasteiger partial charge in [-0.25, -0.2) is 9.50 Å². The number of aromatic nitrogens is 3. The highest BCUT2D eigenvalue weighted by atomic mass is 32.1. The number of carbonyl (C=O) groups excluding carboxylic acids is 1. The Morgan fingerprint density at radius 1 is 1.35 bits per heavy atom. The minimum atomic E-state index is 0.0972. The van der Waals surface area contributed by atoms with Gasteiger partial charge in [-0.15, -0.1) is 11.3 Å². The van der Waals surface area contributed by atoms with Crippen LogP contribution in [0.4, 0.5) is 5.82 Å². The van der Waals surface area contributed by atoms with Gasteiger partial charge in [0.25, 0.3) is 0 Å². The van der Waals surface area contributed by atoms with Crippen molar-refractivity contribution in [3.8, 4) is 10.6 Å². The number of fused-ring (bicyclic) bond motifs is 1. The van der Waals surface area contributed by atoms with E-state index in [2.05, 4.69) is 37.8 Å². The topological polar surface area (TPSA) is 62.5 Å². The molecule has 136 valence electrons. The van der Waals surface area contributed by atoms with Crippen molar-refractivity contribution in [1.82, 2.24) is 19.9 Å². The summed E-state index contributed by atoms with van der Waals surface area (Å²) in [7, 11) is 0. The molecule has 7 heteroatoms. The van der Waals surface area contributed by atoms with E-state index in [1.54, 1.807) is 17.5 Å². The van der Waals surface area contributed by atoms with E-state index in [4.69, 9.17) is 0 Å². The average molecular weight is 369 g/mol. The number of thiophene rings is 1. The molecule has 0 radical (unpaired) electrons. The summed E-state index contributed by atoms with van der Waals surface area (Å²) in [6.07, 6.45) is 5.39. The van der Waals surface area contributed by atoms with E-state index in [0.717, 1.165) is 47.8 Å². The molecule has 0 spiro atoms. The number of hydrogen-bond donors (Lipinski definition) is 1. The van der Waals surface area contributed by atoms with Crippen molar-refractivity contribution in [2.45, 2.75) is 32.7 Å². The Morgan fingerprint density at radius 3 is 2.85 bits per heavy atom. The summed E-state index contributed by atoms with van der Waals surface area (Å²) in [6, 6.07) is 6.42. The number of nitrogens with zero attached hydrogens (tertiary/aromatic N) is 4. The predicted octanol–water partition coefficient (Wildman–Crippen LogP) is 3.20. The highest BCUT2D eigenvalue weighted by Gasteiger charge is 2.27. The average Bonchev–Trinajstić information content (AvgIpc) is 3.30. The predicted molar refractivity (Wildman–Crippen MR) is 105 cm³/mol. The molecule has 4 rings (SSSR count). The van der Waals surface area contributed by atoms with Crippen LogP contribution >= 0.6 is 11.3 Å². The molecule has 4 heterocycles. The second-order valence-corrected chi connectivity index (χ2v) is 7.96. The lowest BCUT2D eigenvalue weighted by Gasteiger charge is -2.32. The minimum absolute atomic E-state index is 0.0972. The van der Waals surface area contributed by atoms with Crippen molar-refractivity contribution in [3.05, 3.63) is 36.0 Å². The SMILES string of the molecule is CC(C)NC(=O)C1CCN(c2nccn3nc(-c4cccs4)cc23)CC1. The van der Waals surface area contributed by atoms with Gasteiger partial charge >= 0.3 is 0 Å². The fourth-order valence-corrected chi connectivity index (χ4v) is 4.13. The molecule has 1 aliphatic heterocycles. The summed E-state index contributed by atoms with van der Waals surface area (Å²) in [5.41, 5.74) is 1.99. The third kappa shape index (κ3) is 3.31. The van der Waals surface area contributed by atoms with Crippen LogP contribution in [-0.4, -0.2) is 39.6 Å². The number of anilines is 1. The van der Waals surface area contributed by atoms with Gasteiger partial charge in [-0.1, -0.05) is 6.07 Å². The van der Waals surface area contributed by atoms with Gasteiger partial charge < -0.3 is 10.2 Å². The monoisotopic (exact) mass is 369 g/mol. The molecule has 0 aromatic carbocycles. The molecular weight excluding hydrogens is 346 g/mol. The Bertz CT molecular complexity index is 894. The molecule has 1 fully saturated rings. The maximum Gasteiger partial charge on any atom is 0.223 e. The van der Waals surface area contributed by atoms with Crippen LogP contribution in [0.5, 0.6) is 0 Å². The van der Waals surface area contributed by atoms with E-state index in [-0.39, 0.29) is 17.9 Å². The normalized spacial score (nSPS) is 15.7. The molecule has 6 nitrogen and oxygen atoms in total. The third-order valence-corrected chi connectivity index (χ3v) is 5.63. The lowest BCUT2D eigenvalue weighted by Crippen LogP contribution is -2.42. The molecular formula is C19H23N5OS. The van der Waals surface area contributed by atoms with E-state index in [0.29, 0.717) is 0 Å². The number of nitrogens with one attached hydrogen (secondary N) is 1. The van der Waals surface area contributed by atoms with Gasteiger partial charge in [0, 0.05) is 37.4 Å². The summed E-state index contributed by atoms with van der Waals surface area (Å²) in [4.78, 5) is 20.3. The summed E-state index contributed by atoms with van der Waals surface area (Å²) in [5, 5.41) is 9.77. The maximum absolute atomic E-state index is 12.2.